The minimum Gasteiger partial charge on any atom is -0.339 e. The van der Waals surface area contributed by atoms with Gasteiger partial charge in [-0.2, -0.15) is 5.10 Å². The van der Waals surface area contributed by atoms with Crippen LogP contribution in [0.25, 0.3) is 0 Å². The summed E-state index contributed by atoms with van der Waals surface area (Å²) in [6, 6.07) is 4.44. The fourth-order valence-corrected chi connectivity index (χ4v) is 1.83. The van der Waals surface area contributed by atoms with Crippen LogP contribution in [-0.4, -0.2) is 19.7 Å². The maximum atomic E-state index is 4.17. The van der Waals surface area contributed by atoms with Crippen LogP contribution in [0.15, 0.2) is 18.5 Å². The van der Waals surface area contributed by atoms with E-state index in [1.165, 1.54) is 11.4 Å². The zero-order chi connectivity index (χ0) is 10.1. The van der Waals surface area contributed by atoms with Crippen LogP contribution in [0.4, 0.5) is 0 Å². The summed E-state index contributed by atoms with van der Waals surface area (Å²) in [5, 5.41) is 6.76. The molecule has 1 atom stereocenters. The molecular weight excluding hydrogens is 176 g/mol. The van der Waals surface area contributed by atoms with Gasteiger partial charge >= 0.3 is 0 Å². The zero-order valence-electron chi connectivity index (χ0n) is 8.65. The Labute approximate surface area is 83.0 Å². The molecule has 0 aromatic carbocycles. The Hall–Kier alpha value is -1.58. The number of hydrogen-bond donors (Lipinski definition) is 1. The van der Waals surface area contributed by atoms with E-state index in [4.69, 9.17) is 0 Å². The summed E-state index contributed by atoms with van der Waals surface area (Å²) in [6.45, 7) is 6.31. The standard InChI is InChI=1S/C10H14N4/c1-7-4-5-8(2)14(7)9(3)10-11-6-12-13-10/h4-6,9H,1-3H3,(H,11,12,13). The Balaban J connectivity index is 2.41. The summed E-state index contributed by atoms with van der Waals surface area (Å²) in [4.78, 5) is 4.17. The molecule has 0 aliphatic heterocycles. The van der Waals surface area contributed by atoms with Gasteiger partial charge in [-0.1, -0.05) is 0 Å². The van der Waals surface area contributed by atoms with Gasteiger partial charge in [-0.3, -0.25) is 5.10 Å². The van der Waals surface area contributed by atoms with Gasteiger partial charge in [0.15, 0.2) is 0 Å². The molecular formula is C10H14N4. The number of aromatic amines is 1. The number of nitrogens with zero attached hydrogens (tertiary/aromatic N) is 3. The molecule has 2 aromatic heterocycles. The van der Waals surface area contributed by atoms with E-state index in [0.29, 0.717) is 0 Å². The van der Waals surface area contributed by atoms with Crippen LogP contribution >= 0.6 is 0 Å². The van der Waals surface area contributed by atoms with E-state index in [9.17, 15) is 0 Å². The van der Waals surface area contributed by atoms with Crippen molar-refractivity contribution < 1.29 is 0 Å². The predicted molar refractivity (Wildman–Crippen MR) is 54.1 cm³/mol. The Morgan fingerprint density at radius 1 is 1.29 bits per heavy atom. The van der Waals surface area contributed by atoms with Crippen molar-refractivity contribution in [3.63, 3.8) is 0 Å². The highest BCUT2D eigenvalue weighted by Crippen LogP contribution is 2.19. The first-order valence-electron chi connectivity index (χ1n) is 4.70. The maximum Gasteiger partial charge on any atom is 0.147 e. The largest absolute Gasteiger partial charge is 0.339 e. The van der Waals surface area contributed by atoms with Crippen LogP contribution in [-0.2, 0) is 0 Å². The lowest BCUT2D eigenvalue weighted by Crippen LogP contribution is -2.11. The van der Waals surface area contributed by atoms with Crippen LogP contribution in [0.1, 0.15) is 30.2 Å². The second-order valence-corrected chi connectivity index (χ2v) is 3.53. The van der Waals surface area contributed by atoms with E-state index in [1.54, 1.807) is 6.33 Å². The Kier molecular flexibility index (Phi) is 2.11. The molecule has 2 rings (SSSR count). The number of H-pyrrole nitrogens is 1. The van der Waals surface area contributed by atoms with Crippen molar-refractivity contribution in [2.75, 3.05) is 0 Å². The second-order valence-electron chi connectivity index (χ2n) is 3.53. The van der Waals surface area contributed by atoms with Crippen molar-refractivity contribution in [3.8, 4) is 0 Å². The first-order valence-corrected chi connectivity index (χ1v) is 4.70. The van der Waals surface area contributed by atoms with Crippen LogP contribution in [0.2, 0.25) is 0 Å². The third-order valence-electron chi connectivity index (χ3n) is 2.54. The summed E-state index contributed by atoms with van der Waals surface area (Å²) < 4.78 is 2.24. The molecule has 4 heteroatoms. The lowest BCUT2D eigenvalue weighted by Gasteiger charge is -2.15. The number of rotatable bonds is 2. The number of aryl methyl sites for hydroxylation is 2. The summed E-state index contributed by atoms with van der Waals surface area (Å²) in [5.41, 5.74) is 2.48. The molecule has 0 bridgehead atoms. The van der Waals surface area contributed by atoms with Crippen molar-refractivity contribution in [2.24, 2.45) is 0 Å². The molecule has 1 unspecified atom stereocenters. The lowest BCUT2D eigenvalue weighted by atomic mass is 10.3. The minimum absolute atomic E-state index is 0.215. The molecule has 0 fully saturated rings. The van der Waals surface area contributed by atoms with Crippen molar-refractivity contribution in [2.45, 2.75) is 26.8 Å². The van der Waals surface area contributed by atoms with Crippen LogP contribution in [0, 0.1) is 13.8 Å². The molecule has 0 aliphatic carbocycles. The normalized spacial score (nSPS) is 13.1. The van der Waals surface area contributed by atoms with Gasteiger partial charge in [0.2, 0.25) is 0 Å². The average Bonchev–Trinajstić information content (AvgIpc) is 2.75. The van der Waals surface area contributed by atoms with Gasteiger partial charge in [-0.05, 0) is 32.9 Å². The fourth-order valence-electron chi connectivity index (χ4n) is 1.83. The minimum atomic E-state index is 0.215. The summed E-state index contributed by atoms with van der Waals surface area (Å²) in [7, 11) is 0. The lowest BCUT2D eigenvalue weighted by molar-refractivity contribution is 0.578. The molecule has 1 N–H and O–H groups in total. The average molecular weight is 190 g/mol. The number of hydrogen-bond acceptors (Lipinski definition) is 2. The van der Waals surface area contributed by atoms with Crippen LogP contribution < -0.4 is 0 Å². The van der Waals surface area contributed by atoms with E-state index in [0.717, 1.165) is 5.82 Å². The van der Waals surface area contributed by atoms with Gasteiger partial charge in [0.05, 0.1) is 6.04 Å². The molecule has 0 saturated carbocycles. The molecule has 14 heavy (non-hydrogen) atoms. The van der Waals surface area contributed by atoms with Gasteiger partial charge in [0.1, 0.15) is 12.2 Å². The third kappa shape index (κ3) is 1.32. The fraction of sp³-hybridized carbons (Fsp3) is 0.400. The van der Waals surface area contributed by atoms with Crippen LogP contribution in [0.3, 0.4) is 0 Å². The third-order valence-corrected chi connectivity index (χ3v) is 2.54. The SMILES string of the molecule is Cc1ccc(C)n1C(C)c1ncn[nH]1. The highest BCUT2D eigenvalue weighted by molar-refractivity contribution is 5.17. The molecule has 2 heterocycles. The highest BCUT2D eigenvalue weighted by atomic mass is 15.2. The number of aromatic nitrogens is 4. The van der Waals surface area contributed by atoms with E-state index in [2.05, 4.69) is 52.7 Å². The predicted octanol–water partition coefficient (Wildman–Crippen LogP) is 1.83. The van der Waals surface area contributed by atoms with Gasteiger partial charge in [-0.25, -0.2) is 4.98 Å². The highest BCUT2D eigenvalue weighted by Gasteiger charge is 2.13. The monoisotopic (exact) mass is 190 g/mol. The second kappa shape index (κ2) is 3.29. The maximum absolute atomic E-state index is 4.17. The van der Waals surface area contributed by atoms with Gasteiger partial charge in [0, 0.05) is 11.4 Å². The van der Waals surface area contributed by atoms with Gasteiger partial charge < -0.3 is 4.57 Å². The first kappa shape index (κ1) is 8.99. The van der Waals surface area contributed by atoms with Crippen molar-refractivity contribution in [3.05, 3.63) is 35.7 Å². The molecule has 74 valence electrons. The van der Waals surface area contributed by atoms with E-state index in [1.807, 2.05) is 0 Å². The summed E-state index contributed by atoms with van der Waals surface area (Å²) in [5.74, 6) is 0.896. The number of nitrogens with one attached hydrogen (secondary N) is 1. The zero-order valence-corrected chi connectivity index (χ0v) is 8.65. The smallest absolute Gasteiger partial charge is 0.147 e. The quantitative estimate of drug-likeness (QED) is 0.785. The molecule has 0 radical (unpaired) electrons. The molecule has 0 spiro atoms. The van der Waals surface area contributed by atoms with Crippen molar-refractivity contribution in [1.82, 2.24) is 19.7 Å². The van der Waals surface area contributed by atoms with Gasteiger partial charge in [-0.15, -0.1) is 0 Å². The van der Waals surface area contributed by atoms with Gasteiger partial charge in [0.25, 0.3) is 0 Å². The van der Waals surface area contributed by atoms with Crippen molar-refractivity contribution >= 4 is 0 Å². The van der Waals surface area contributed by atoms with E-state index < -0.39 is 0 Å². The summed E-state index contributed by atoms with van der Waals surface area (Å²) in [6.07, 6.45) is 1.54. The van der Waals surface area contributed by atoms with E-state index >= 15 is 0 Å². The Morgan fingerprint density at radius 3 is 2.43 bits per heavy atom. The van der Waals surface area contributed by atoms with Crippen molar-refractivity contribution in [1.29, 1.82) is 0 Å². The topological polar surface area (TPSA) is 46.5 Å². The first-order chi connectivity index (χ1) is 6.70. The summed E-state index contributed by atoms with van der Waals surface area (Å²) >= 11 is 0. The molecule has 4 nitrogen and oxygen atoms in total. The van der Waals surface area contributed by atoms with E-state index in [-0.39, 0.29) is 6.04 Å². The van der Waals surface area contributed by atoms with Crippen LogP contribution in [0.5, 0.6) is 0 Å². The molecule has 0 amide bonds. The molecule has 0 aliphatic rings. The Bertz CT molecular complexity index is 394. The Morgan fingerprint density at radius 2 is 1.93 bits per heavy atom. The molecule has 0 saturated heterocycles. The molecule has 2 aromatic rings.